The van der Waals surface area contributed by atoms with Gasteiger partial charge in [0.15, 0.2) is 0 Å². The first-order chi connectivity index (χ1) is 4.34. The van der Waals surface area contributed by atoms with E-state index in [-0.39, 0.29) is 0 Å². The number of hydrogen-bond acceptors (Lipinski definition) is 2. The van der Waals surface area contributed by atoms with E-state index in [9.17, 15) is 0 Å². The van der Waals surface area contributed by atoms with Crippen LogP contribution in [0.1, 0.15) is 6.42 Å². The summed E-state index contributed by atoms with van der Waals surface area (Å²) in [6.45, 7) is 1.21. The van der Waals surface area contributed by atoms with Gasteiger partial charge in [0.1, 0.15) is 0 Å². The Hall–Kier alpha value is 0.0500. The molecule has 0 spiro atoms. The van der Waals surface area contributed by atoms with Crippen LogP contribution in [0.15, 0.2) is 12.2 Å². The van der Waals surface area contributed by atoms with E-state index in [0.717, 1.165) is 0 Å². The fourth-order valence-corrected chi connectivity index (χ4v) is 1.76. The highest BCUT2D eigenvalue weighted by Crippen LogP contribution is 2.16. The molecule has 1 unspecified atom stereocenters. The van der Waals surface area contributed by atoms with Gasteiger partial charge < -0.3 is 0 Å². The highest BCUT2D eigenvalue weighted by Gasteiger charge is 2.11. The van der Waals surface area contributed by atoms with Crippen LogP contribution in [0.4, 0.5) is 0 Å². The molecule has 1 heterocycles. The average molecular weight is 143 g/mol. The molecule has 1 rings (SSSR count). The van der Waals surface area contributed by atoms with E-state index in [1.54, 1.807) is 0 Å². The number of rotatable bonds is 1. The molecule has 0 bridgehead atoms. The van der Waals surface area contributed by atoms with Gasteiger partial charge in [-0.05, 0) is 19.7 Å². The normalized spacial score (nSPS) is 28.9. The SMILES string of the molecule is CSC1C=CCCN1C. The second kappa shape index (κ2) is 3.28. The molecule has 0 aromatic heterocycles. The third-order valence-corrected chi connectivity index (χ3v) is 2.63. The predicted molar refractivity (Wildman–Crippen MR) is 43.7 cm³/mol. The van der Waals surface area contributed by atoms with Gasteiger partial charge in [-0.1, -0.05) is 12.2 Å². The molecule has 0 fully saturated rings. The molecule has 1 aliphatic rings. The van der Waals surface area contributed by atoms with Crippen molar-refractivity contribution in [2.75, 3.05) is 19.8 Å². The molecule has 2 heteroatoms. The molecule has 0 saturated carbocycles. The molecule has 1 nitrogen and oxygen atoms in total. The van der Waals surface area contributed by atoms with Crippen molar-refractivity contribution in [1.82, 2.24) is 4.90 Å². The first-order valence-electron chi connectivity index (χ1n) is 3.24. The molecule has 52 valence electrons. The fraction of sp³-hybridized carbons (Fsp3) is 0.714. The van der Waals surface area contributed by atoms with Crippen molar-refractivity contribution in [3.05, 3.63) is 12.2 Å². The van der Waals surface area contributed by atoms with Gasteiger partial charge in [-0.25, -0.2) is 0 Å². The van der Waals surface area contributed by atoms with Crippen LogP contribution in [-0.2, 0) is 0 Å². The summed E-state index contributed by atoms with van der Waals surface area (Å²) in [5.74, 6) is 0. The Morgan fingerprint density at radius 1 is 1.67 bits per heavy atom. The zero-order valence-corrected chi connectivity index (χ0v) is 6.82. The van der Waals surface area contributed by atoms with Gasteiger partial charge in [-0.2, -0.15) is 0 Å². The summed E-state index contributed by atoms with van der Waals surface area (Å²) in [6, 6.07) is 0. The monoisotopic (exact) mass is 143 g/mol. The molecular formula is C7H13NS. The zero-order chi connectivity index (χ0) is 6.69. The fourth-order valence-electron chi connectivity index (χ4n) is 1.02. The lowest BCUT2D eigenvalue weighted by Gasteiger charge is -2.26. The first-order valence-corrected chi connectivity index (χ1v) is 4.53. The predicted octanol–water partition coefficient (Wildman–Crippen LogP) is 1.57. The average Bonchev–Trinajstić information content (AvgIpc) is 1.89. The molecule has 0 aromatic carbocycles. The van der Waals surface area contributed by atoms with Gasteiger partial charge in [-0.3, -0.25) is 4.90 Å². The van der Waals surface area contributed by atoms with Crippen LogP contribution in [0.5, 0.6) is 0 Å². The van der Waals surface area contributed by atoms with Gasteiger partial charge >= 0.3 is 0 Å². The lowest BCUT2D eigenvalue weighted by molar-refractivity contribution is 0.342. The van der Waals surface area contributed by atoms with Crippen molar-refractivity contribution in [3.8, 4) is 0 Å². The summed E-state index contributed by atoms with van der Waals surface area (Å²) in [4.78, 5) is 2.37. The summed E-state index contributed by atoms with van der Waals surface area (Å²) in [5, 5.41) is 0.624. The Balaban J connectivity index is 2.46. The molecule has 0 saturated heterocycles. The van der Waals surface area contributed by atoms with Crippen LogP contribution in [0.2, 0.25) is 0 Å². The number of hydrogen-bond donors (Lipinski definition) is 0. The minimum atomic E-state index is 0.624. The van der Waals surface area contributed by atoms with Crippen molar-refractivity contribution in [2.24, 2.45) is 0 Å². The van der Waals surface area contributed by atoms with E-state index in [4.69, 9.17) is 0 Å². The Bertz CT molecular complexity index is 111. The van der Waals surface area contributed by atoms with Gasteiger partial charge in [-0.15, -0.1) is 11.8 Å². The number of nitrogens with zero attached hydrogens (tertiary/aromatic N) is 1. The Morgan fingerprint density at radius 2 is 2.44 bits per heavy atom. The molecule has 0 aliphatic carbocycles. The van der Waals surface area contributed by atoms with Gasteiger partial charge in [0.25, 0.3) is 0 Å². The Labute approximate surface area is 61.1 Å². The van der Waals surface area contributed by atoms with Crippen LogP contribution in [0.25, 0.3) is 0 Å². The van der Waals surface area contributed by atoms with E-state index < -0.39 is 0 Å². The first kappa shape index (κ1) is 7.16. The Kier molecular flexibility index (Phi) is 2.61. The van der Waals surface area contributed by atoms with Crippen LogP contribution >= 0.6 is 11.8 Å². The van der Waals surface area contributed by atoms with E-state index >= 15 is 0 Å². The number of thioether (sulfide) groups is 1. The standard InChI is InChI=1S/C7H13NS/c1-8-6-4-3-5-7(8)9-2/h3,5,7H,4,6H2,1-2H3. The quantitative estimate of drug-likeness (QED) is 0.513. The molecule has 0 N–H and O–H groups in total. The zero-order valence-electron chi connectivity index (χ0n) is 6.00. The van der Waals surface area contributed by atoms with Crippen molar-refractivity contribution in [3.63, 3.8) is 0 Å². The van der Waals surface area contributed by atoms with Crippen LogP contribution in [0, 0.1) is 0 Å². The second-order valence-electron chi connectivity index (χ2n) is 2.32. The van der Waals surface area contributed by atoms with E-state index in [0.29, 0.717) is 5.37 Å². The number of likely N-dealkylation sites (N-methyl/N-ethyl adjacent to an activating group) is 1. The van der Waals surface area contributed by atoms with Crippen LogP contribution < -0.4 is 0 Å². The van der Waals surface area contributed by atoms with Crippen molar-refractivity contribution in [2.45, 2.75) is 11.8 Å². The van der Waals surface area contributed by atoms with Gasteiger partial charge in [0.05, 0.1) is 5.37 Å². The minimum Gasteiger partial charge on any atom is -0.291 e. The van der Waals surface area contributed by atoms with Crippen LogP contribution in [-0.4, -0.2) is 30.1 Å². The molecule has 0 aromatic rings. The van der Waals surface area contributed by atoms with E-state index in [1.165, 1.54) is 13.0 Å². The van der Waals surface area contributed by atoms with Gasteiger partial charge in [0.2, 0.25) is 0 Å². The highest BCUT2D eigenvalue weighted by molar-refractivity contribution is 7.99. The largest absolute Gasteiger partial charge is 0.291 e. The van der Waals surface area contributed by atoms with Crippen molar-refractivity contribution < 1.29 is 0 Å². The highest BCUT2D eigenvalue weighted by atomic mass is 32.2. The van der Waals surface area contributed by atoms with E-state index in [2.05, 4.69) is 30.4 Å². The minimum absolute atomic E-state index is 0.624. The summed E-state index contributed by atoms with van der Waals surface area (Å²) < 4.78 is 0. The van der Waals surface area contributed by atoms with E-state index in [1.807, 2.05) is 11.8 Å². The Morgan fingerprint density at radius 3 is 2.89 bits per heavy atom. The third kappa shape index (κ3) is 1.73. The van der Waals surface area contributed by atoms with Crippen LogP contribution in [0.3, 0.4) is 0 Å². The topological polar surface area (TPSA) is 3.24 Å². The maximum atomic E-state index is 2.37. The summed E-state index contributed by atoms with van der Waals surface area (Å²) in [7, 11) is 2.17. The smallest absolute Gasteiger partial charge is 0.0738 e. The third-order valence-electron chi connectivity index (χ3n) is 1.63. The summed E-state index contributed by atoms with van der Waals surface area (Å²) in [5.41, 5.74) is 0. The molecule has 0 radical (unpaired) electrons. The molecule has 0 amide bonds. The maximum Gasteiger partial charge on any atom is 0.0738 e. The molecule has 1 atom stereocenters. The molecule has 9 heavy (non-hydrogen) atoms. The summed E-state index contributed by atoms with van der Waals surface area (Å²) >= 11 is 1.89. The van der Waals surface area contributed by atoms with Crippen molar-refractivity contribution >= 4 is 11.8 Å². The lowest BCUT2D eigenvalue weighted by atomic mass is 10.3. The van der Waals surface area contributed by atoms with Crippen molar-refractivity contribution in [1.29, 1.82) is 0 Å². The summed E-state index contributed by atoms with van der Waals surface area (Å²) in [6.07, 6.45) is 7.90. The molecular weight excluding hydrogens is 130 g/mol. The maximum absolute atomic E-state index is 2.37. The second-order valence-corrected chi connectivity index (χ2v) is 3.28. The molecule has 1 aliphatic heterocycles. The van der Waals surface area contributed by atoms with Gasteiger partial charge in [0, 0.05) is 6.54 Å². The lowest BCUT2D eigenvalue weighted by Crippen LogP contribution is -2.30.